The van der Waals surface area contributed by atoms with Gasteiger partial charge in [-0.15, -0.1) is 0 Å². The summed E-state index contributed by atoms with van der Waals surface area (Å²) in [6.07, 6.45) is 1.86. The Morgan fingerprint density at radius 1 is 1.57 bits per heavy atom. The van der Waals surface area contributed by atoms with Crippen LogP contribution in [0, 0.1) is 11.8 Å². The number of aliphatic hydroxyl groups is 1. The highest BCUT2D eigenvalue weighted by molar-refractivity contribution is 4.82. The van der Waals surface area contributed by atoms with Gasteiger partial charge >= 0.3 is 0 Å². The van der Waals surface area contributed by atoms with E-state index in [1.807, 2.05) is 6.92 Å². The van der Waals surface area contributed by atoms with E-state index >= 15 is 0 Å². The van der Waals surface area contributed by atoms with Crippen LogP contribution in [0.3, 0.4) is 0 Å². The van der Waals surface area contributed by atoms with Crippen LogP contribution in [0.25, 0.3) is 0 Å². The number of hydrogen-bond acceptors (Lipinski definition) is 3. The third kappa shape index (κ3) is 2.94. The van der Waals surface area contributed by atoms with Gasteiger partial charge in [0.05, 0.1) is 12.2 Å². The fraction of sp³-hybridized carbons (Fsp3) is 1.00. The molecule has 0 spiro atoms. The molecule has 1 saturated heterocycles. The predicted octanol–water partition coefficient (Wildman–Crippen LogP) is 1.44. The van der Waals surface area contributed by atoms with Gasteiger partial charge in [-0.3, -0.25) is 0 Å². The third-order valence-electron chi connectivity index (χ3n) is 3.23. The topological polar surface area (TPSA) is 38.7 Å². The number of ether oxygens (including phenoxy) is 2. The molecular formula is C11H22O3. The van der Waals surface area contributed by atoms with Crippen molar-refractivity contribution >= 4 is 0 Å². The molecule has 3 nitrogen and oxygen atoms in total. The Hall–Kier alpha value is -0.120. The van der Waals surface area contributed by atoms with Crippen LogP contribution < -0.4 is 0 Å². The van der Waals surface area contributed by atoms with Crippen LogP contribution in [0.4, 0.5) is 0 Å². The van der Waals surface area contributed by atoms with Crippen molar-refractivity contribution in [2.75, 3.05) is 20.3 Å². The zero-order valence-electron chi connectivity index (χ0n) is 9.40. The lowest BCUT2D eigenvalue weighted by Crippen LogP contribution is -2.32. The molecule has 0 aromatic heterocycles. The van der Waals surface area contributed by atoms with Crippen molar-refractivity contribution in [1.82, 2.24) is 0 Å². The molecule has 14 heavy (non-hydrogen) atoms. The van der Waals surface area contributed by atoms with Crippen LogP contribution in [0.1, 0.15) is 26.7 Å². The van der Waals surface area contributed by atoms with Gasteiger partial charge in [0.15, 0.2) is 0 Å². The second kappa shape index (κ2) is 5.69. The van der Waals surface area contributed by atoms with E-state index in [1.54, 1.807) is 7.11 Å². The summed E-state index contributed by atoms with van der Waals surface area (Å²) in [5.41, 5.74) is 0. The van der Waals surface area contributed by atoms with Gasteiger partial charge < -0.3 is 14.6 Å². The van der Waals surface area contributed by atoms with Gasteiger partial charge in [0.25, 0.3) is 0 Å². The molecule has 1 aliphatic heterocycles. The standard InChI is InChI=1S/C11H22O3/c1-8(4-6-13-3)11(12)10-5-7-14-9(10)2/h8-12H,4-7H2,1-3H3. The highest BCUT2D eigenvalue weighted by atomic mass is 16.5. The molecule has 0 bridgehead atoms. The SMILES string of the molecule is COCCC(C)C(O)C1CCOC1C. The van der Waals surface area contributed by atoms with Crippen molar-refractivity contribution in [2.45, 2.75) is 38.9 Å². The number of rotatable bonds is 5. The molecule has 0 amide bonds. The van der Waals surface area contributed by atoms with Crippen LogP contribution in [-0.2, 0) is 9.47 Å². The van der Waals surface area contributed by atoms with E-state index in [1.165, 1.54) is 0 Å². The van der Waals surface area contributed by atoms with Gasteiger partial charge in [0.1, 0.15) is 0 Å². The maximum Gasteiger partial charge on any atom is 0.0620 e. The van der Waals surface area contributed by atoms with Crippen molar-refractivity contribution in [3.05, 3.63) is 0 Å². The second-order valence-corrected chi connectivity index (χ2v) is 4.28. The quantitative estimate of drug-likeness (QED) is 0.733. The summed E-state index contributed by atoms with van der Waals surface area (Å²) in [7, 11) is 1.69. The van der Waals surface area contributed by atoms with Gasteiger partial charge in [0, 0.05) is 26.2 Å². The molecule has 0 aromatic carbocycles. The first-order valence-electron chi connectivity index (χ1n) is 5.45. The Balaban J connectivity index is 2.34. The van der Waals surface area contributed by atoms with E-state index in [9.17, 15) is 5.11 Å². The molecule has 1 rings (SSSR count). The predicted molar refractivity (Wildman–Crippen MR) is 55.2 cm³/mol. The lowest BCUT2D eigenvalue weighted by Gasteiger charge is -2.26. The van der Waals surface area contributed by atoms with E-state index in [2.05, 4.69) is 6.92 Å². The molecule has 1 aliphatic rings. The van der Waals surface area contributed by atoms with Crippen molar-refractivity contribution in [2.24, 2.45) is 11.8 Å². The fourth-order valence-electron chi connectivity index (χ4n) is 2.09. The minimum absolute atomic E-state index is 0.204. The number of methoxy groups -OCH3 is 1. The monoisotopic (exact) mass is 202 g/mol. The largest absolute Gasteiger partial charge is 0.392 e. The molecule has 3 heteroatoms. The van der Waals surface area contributed by atoms with E-state index in [4.69, 9.17) is 9.47 Å². The Kier molecular flexibility index (Phi) is 4.85. The molecule has 4 atom stereocenters. The molecule has 0 aromatic rings. The van der Waals surface area contributed by atoms with Crippen LogP contribution in [0.15, 0.2) is 0 Å². The third-order valence-corrected chi connectivity index (χ3v) is 3.23. The summed E-state index contributed by atoms with van der Waals surface area (Å²) in [5, 5.41) is 10.1. The van der Waals surface area contributed by atoms with E-state index in [0.717, 1.165) is 26.1 Å². The van der Waals surface area contributed by atoms with Crippen LogP contribution >= 0.6 is 0 Å². The molecule has 1 N–H and O–H groups in total. The van der Waals surface area contributed by atoms with Crippen LogP contribution in [0.5, 0.6) is 0 Å². The first-order valence-corrected chi connectivity index (χ1v) is 5.45. The minimum Gasteiger partial charge on any atom is -0.392 e. The molecule has 4 unspecified atom stereocenters. The highest BCUT2D eigenvalue weighted by Crippen LogP contribution is 2.28. The average Bonchev–Trinajstić information content (AvgIpc) is 2.59. The highest BCUT2D eigenvalue weighted by Gasteiger charge is 2.33. The lowest BCUT2D eigenvalue weighted by molar-refractivity contribution is 0.00703. The molecule has 84 valence electrons. The molecule has 0 radical (unpaired) electrons. The first-order chi connectivity index (χ1) is 6.66. The summed E-state index contributed by atoms with van der Waals surface area (Å²) >= 11 is 0. The summed E-state index contributed by atoms with van der Waals surface area (Å²) in [6.45, 7) is 5.64. The van der Waals surface area contributed by atoms with Gasteiger partial charge in [-0.25, -0.2) is 0 Å². The van der Waals surface area contributed by atoms with Crippen LogP contribution in [-0.4, -0.2) is 37.6 Å². The zero-order chi connectivity index (χ0) is 10.6. The van der Waals surface area contributed by atoms with Gasteiger partial charge in [-0.1, -0.05) is 6.92 Å². The van der Waals surface area contributed by atoms with Gasteiger partial charge in [0.2, 0.25) is 0 Å². The lowest BCUT2D eigenvalue weighted by atomic mass is 9.86. The van der Waals surface area contributed by atoms with Crippen molar-refractivity contribution in [1.29, 1.82) is 0 Å². The summed E-state index contributed by atoms with van der Waals surface area (Å²) < 4.78 is 10.5. The Morgan fingerprint density at radius 2 is 2.29 bits per heavy atom. The Labute approximate surface area is 86.4 Å². The molecule has 0 aliphatic carbocycles. The van der Waals surface area contributed by atoms with Crippen molar-refractivity contribution in [3.8, 4) is 0 Å². The fourth-order valence-corrected chi connectivity index (χ4v) is 2.09. The number of hydrogen-bond donors (Lipinski definition) is 1. The van der Waals surface area contributed by atoms with Crippen LogP contribution in [0.2, 0.25) is 0 Å². The molecule has 1 heterocycles. The maximum atomic E-state index is 10.1. The molecule has 0 saturated carbocycles. The van der Waals surface area contributed by atoms with Crippen molar-refractivity contribution in [3.63, 3.8) is 0 Å². The molecule has 1 fully saturated rings. The smallest absolute Gasteiger partial charge is 0.0620 e. The summed E-state index contributed by atoms with van der Waals surface area (Å²) in [4.78, 5) is 0. The normalized spacial score (nSPS) is 31.7. The van der Waals surface area contributed by atoms with Gasteiger partial charge in [-0.05, 0) is 25.7 Å². The van der Waals surface area contributed by atoms with E-state index in [-0.39, 0.29) is 12.2 Å². The zero-order valence-corrected chi connectivity index (χ0v) is 9.40. The average molecular weight is 202 g/mol. The summed E-state index contributed by atoms with van der Waals surface area (Å²) in [5.74, 6) is 0.603. The van der Waals surface area contributed by atoms with E-state index in [0.29, 0.717) is 11.8 Å². The first kappa shape index (κ1) is 12.0. The number of aliphatic hydroxyl groups excluding tert-OH is 1. The maximum absolute atomic E-state index is 10.1. The molecular weight excluding hydrogens is 180 g/mol. The van der Waals surface area contributed by atoms with Gasteiger partial charge in [-0.2, -0.15) is 0 Å². The minimum atomic E-state index is -0.248. The second-order valence-electron chi connectivity index (χ2n) is 4.28. The summed E-state index contributed by atoms with van der Waals surface area (Å²) in [6, 6.07) is 0. The van der Waals surface area contributed by atoms with E-state index < -0.39 is 0 Å². The van der Waals surface area contributed by atoms with Crippen molar-refractivity contribution < 1.29 is 14.6 Å². The Bertz CT molecular complexity index is 161. The Morgan fingerprint density at radius 3 is 2.79 bits per heavy atom.